The fourth-order valence-electron chi connectivity index (χ4n) is 27.6. The molecule has 132 heavy (non-hydrogen) atoms. The van der Waals surface area contributed by atoms with Gasteiger partial charge in [0.05, 0.1) is 21.3 Å². The highest BCUT2D eigenvalue weighted by atomic mass is 16.5. The van der Waals surface area contributed by atoms with Crippen LogP contribution in [0.2, 0.25) is 0 Å². The Kier molecular flexibility index (Phi) is 33.4. The van der Waals surface area contributed by atoms with Gasteiger partial charge in [0.1, 0.15) is 58.9 Å². The largest absolute Gasteiger partial charge is 0.508 e. The summed E-state index contributed by atoms with van der Waals surface area (Å²) in [5.41, 5.74) is 45.5. The minimum Gasteiger partial charge on any atom is -0.508 e. The molecule has 7 saturated carbocycles. The van der Waals surface area contributed by atoms with Crippen molar-refractivity contribution in [3.8, 4) is 23.0 Å². The number of ketones is 1. The molecule has 4 unspecified atom stereocenters. The second-order valence-electron chi connectivity index (χ2n) is 42.7. The molecule has 15 heteroatoms. The number of ether oxygens (including phenoxy) is 3. The standard InChI is InChI=1S/C21H28N4.C17H24O.C17H22O.C17H24.C16H20O2.C16H22O.C9H12N4O.C2H6O.2CH4/c1-13-9-16(25-20-15(3)19(22)23-12-24-20)10-17-18(13)14(2)11-21(17)7-5-4-6-8-21;2*1-12-9-14(18-3)10-15-16(12)13(2)11-17(15)7-5-4-6-8-17;1-12-9-13(2)16-14(3)11-17(15(16)10-12)7-5-4-6-8-17;1-11-8-12(18-2)9-13-15(11)14(17)10-16(13)6-4-3-5-7-16;1-11-8-13(17)9-14-15(11)12(2)10-16(14)6-4-3-5-7-16;1-5-7(10)11-4-12-8(5)13-9(14)6-2-3-6;1-2-3;;/h9-10,12,14H,4-8,11H2,1-3H3,(H3,22,23,24,25);9-10,13H,4-8,11H2,1-3H3;9-10H,2,4-8,11H2,1,3H3;9-10,14H,4-8,11H2,1-3H3;8-9H,3-7,10H2,1-2H3;8-9,12,17H,3-7,10H2,1-2H3;4,6H,2-3H2,1H3,(H3,10,11,12,13,14);3H,2H2,1H3;2*1H4. The third-order valence-electron chi connectivity index (χ3n) is 33.4. The van der Waals surface area contributed by atoms with Crippen LogP contribution in [0.3, 0.4) is 0 Å². The Morgan fingerprint density at radius 2 is 0.742 bits per heavy atom. The second kappa shape index (κ2) is 43.3. The van der Waals surface area contributed by atoms with Crippen molar-refractivity contribution < 1.29 is 34.0 Å². The normalized spacial score (nSPS) is 21.7. The number of hydrogen-bond acceptors (Lipinski definition) is 14. The van der Waals surface area contributed by atoms with Crippen molar-refractivity contribution in [2.24, 2.45) is 5.92 Å². The van der Waals surface area contributed by atoms with Crippen LogP contribution in [0.5, 0.6) is 23.0 Å². The van der Waals surface area contributed by atoms with E-state index >= 15 is 0 Å². The molecule has 2 heterocycles. The lowest BCUT2D eigenvalue weighted by Gasteiger charge is -2.35. The summed E-state index contributed by atoms with van der Waals surface area (Å²) >= 11 is 0. The number of rotatable bonds is 7. The minimum atomic E-state index is 0. The summed E-state index contributed by atoms with van der Waals surface area (Å²) in [4.78, 5) is 40.0. The second-order valence-corrected chi connectivity index (χ2v) is 42.7. The minimum absolute atomic E-state index is 0. The topological polar surface area (TPSA) is 230 Å². The number of aliphatic hydroxyl groups is 1. The number of benzene rings is 6. The van der Waals surface area contributed by atoms with Gasteiger partial charge in [-0.1, -0.05) is 182 Å². The van der Waals surface area contributed by atoms with E-state index in [-0.39, 0.29) is 38.7 Å². The highest BCUT2D eigenvalue weighted by Crippen LogP contribution is 2.61. The van der Waals surface area contributed by atoms with E-state index < -0.39 is 0 Å². The Morgan fingerprint density at radius 3 is 1.16 bits per heavy atom. The van der Waals surface area contributed by atoms with E-state index in [0.717, 1.165) is 88.5 Å². The van der Waals surface area contributed by atoms with Crippen LogP contribution in [0, 0.1) is 68.2 Å². The van der Waals surface area contributed by atoms with Crippen molar-refractivity contribution >= 4 is 46.2 Å². The number of nitrogens with two attached hydrogens (primary N) is 2. The fourth-order valence-corrected chi connectivity index (χ4v) is 27.6. The number of aryl methyl sites for hydroxylation is 7. The average molecular weight is 1800 g/mol. The van der Waals surface area contributed by atoms with E-state index in [1.54, 1.807) is 68.6 Å². The Balaban J connectivity index is 0.000000139. The number of methoxy groups -OCH3 is 3. The maximum absolute atomic E-state index is 12.3. The monoisotopic (exact) mass is 1800 g/mol. The molecule has 6 spiro atoms. The summed E-state index contributed by atoms with van der Waals surface area (Å²) in [5.74, 6) is 9.06. The number of phenols is 1. The van der Waals surface area contributed by atoms with Gasteiger partial charge in [0, 0.05) is 52.2 Å². The molecule has 2 aromatic heterocycles. The zero-order valence-electron chi connectivity index (χ0n) is 82.6. The lowest BCUT2D eigenvalue weighted by molar-refractivity contribution is -0.117. The molecule has 4 atom stereocenters. The molecular formula is C117H166N8O7. The van der Waals surface area contributed by atoms with Crippen LogP contribution >= 0.6 is 0 Å². The summed E-state index contributed by atoms with van der Waals surface area (Å²) in [6.07, 6.45) is 52.8. The zero-order valence-corrected chi connectivity index (χ0v) is 82.6. The number of nitrogens with zero attached hydrogens (tertiary/aromatic N) is 4. The highest BCUT2D eigenvalue weighted by Gasteiger charge is 2.50. The van der Waals surface area contributed by atoms with E-state index in [4.69, 9.17) is 30.8 Å². The SMILES string of the molecule is C.C.C=C1CC2(CCCCC2)c2cc(OC)cc(C)c21.CCO.COc1cc(C)c2c(c1)C1(CCCCC1)CC2=O.COc1cc(C)c2c(c1)C1(CCCCC1)CC2C.Cc1c(N)ncnc1NC(=O)C1CC1.Cc1cc(C)c2c(c1)C1(CCCCC1)CC2C.Cc1cc(Nc2ncnc(N)c2C)cc2c1C(C)CC21CCCCC1.Cc1cc(O)cc2c1C(C)CC21CCCCC1. The molecule has 0 bridgehead atoms. The molecule has 7 fully saturated rings. The predicted molar refractivity (Wildman–Crippen MR) is 550 cm³/mol. The fraction of sp³-hybridized carbons (Fsp3) is 0.590. The number of aromatic nitrogens is 4. The molecule has 0 saturated heterocycles. The first-order chi connectivity index (χ1) is 62.3. The molecule has 1 amide bonds. The van der Waals surface area contributed by atoms with Gasteiger partial charge in [-0.15, -0.1) is 0 Å². The van der Waals surface area contributed by atoms with E-state index in [2.05, 4.69) is 167 Å². The van der Waals surface area contributed by atoms with Crippen molar-refractivity contribution in [2.75, 3.05) is 50.0 Å². The zero-order chi connectivity index (χ0) is 92.8. The number of hydrogen-bond donors (Lipinski definition) is 6. The quantitative estimate of drug-likeness (QED) is 0.0872. The molecule has 13 aliphatic rings. The number of allylic oxidation sites excluding steroid dienone is 1. The predicted octanol–water partition coefficient (Wildman–Crippen LogP) is 29.7. The molecule has 0 radical (unpaired) electrons. The molecule has 716 valence electrons. The smallest absolute Gasteiger partial charge is 0.228 e. The van der Waals surface area contributed by atoms with Crippen LogP contribution < -0.4 is 36.3 Å². The number of nitrogens with one attached hydrogen (secondary N) is 2. The Bertz CT molecular complexity index is 5190. The Hall–Kier alpha value is -9.08. The summed E-state index contributed by atoms with van der Waals surface area (Å²) in [5, 5.41) is 23.7. The molecular weight excluding hydrogens is 1630 g/mol. The van der Waals surface area contributed by atoms with Gasteiger partial charge in [-0.25, -0.2) is 19.9 Å². The number of aliphatic hydroxyl groups excluding tert-OH is 1. The van der Waals surface area contributed by atoms with Crippen LogP contribution in [-0.2, 0) is 37.3 Å². The number of fused-ring (bicyclic) bond motifs is 12. The number of carbonyl (C=O) groups excluding carboxylic acids is 2. The van der Waals surface area contributed by atoms with Gasteiger partial charge >= 0.3 is 0 Å². The molecule has 8 N–H and O–H groups in total. The van der Waals surface area contributed by atoms with Crippen LogP contribution in [0.4, 0.5) is 29.0 Å². The third kappa shape index (κ3) is 21.3. The van der Waals surface area contributed by atoms with Crippen molar-refractivity contribution in [3.05, 3.63) is 209 Å². The molecule has 13 aliphatic carbocycles. The Morgan fingerprint density at radius 1 is 0.417 bits per heavy atom. The van der Waals surface area contributed by atoms with Gasteiger partial charge in [-0.05, 0) is 397 Å². The summed E-state index contributed by atoms with van der Waals surface area (Å²) in [6.45, 7) is 35.0. The number of carbonyl (C=O) groups is 2. The van der Waals surface area contributed by atoms with E-state index in [0.29, 0.717) is 67.9 Å². The first-order valence-corrected chi connectivity index (χ1v) is 50.6. The third-order valence-corrected chi connectivity index (χ3v) is 33.4. The molecule has 0 aliphatic heterocycles. The van der Waals surface area contributed by atoms with Crippen LogP contribution in [0.15, 0.2) is 92.0 Å². The van der Waals surface area contributed by atoms with E-state index in [1.807, 2.05) is 26.0 Å². The lowest BCUT2D eigenvalue weighted by atomic mass is 9.69. The maximum Gasteiger partial charge on any atom is 0.228 e. The van der Waals surface area contributed by atoms with Crippen molar-refractivity contribution in [1.82, 2.24) is 19.9 Å². The lowest BCUT2D eigenvalue weighted by Crippen LogP contribution is -2.26. The van der Waals surface area contributed by atoms with Gasteiger partial charge in [0.2, 0.25) is 5.91 Å². The number of aromatic hydroxyl groups is 1. The van der Waals surface area contributed by atoms with Gasteiger partial charge in [0.15, 0.2) is 5.78 Å². The molecule has 8 aromatic rings. The number of anilines is 5. The summed E-state index contributed by atoms with van der Waals surface area (Å²) in [6, 6.07) is 26.5. The van der Waals surface area contributed by atoms with Gasteiger partial charge in [-0.3, -0.25) is 9.59 Å². The molecule has 6 aromatic carbocycles. The number of nitrogen functional groups attached to an aromatic ring is 2. The molecule has 15 nitrogen and oxygen atoms in total. The number of Topliss-reactive ketones (excluding diaryl/α,β-unsaturated/α-hetero) is 1. The van der Waals surface area contributed by atoms with Crippen molar-refractivity contribution in [1.29, 1.82) is 0 Å². The first kappa shape index (κ1) is 102. The summed E-state index contributed by atoms with van der Waals surface area (Å²) < 4.78 is 16.3. The van der Waals surface area contributed by atoms with Gasteiger partial charge in [-0.2, -0.15) is 0 Å². The summed E-state index contributed by atoms with van der Waals surface area (Å²) in [7, 11) is 5.25. The molecule has 21 rings (SSSR count). The van der Waals surface area contributed by atoms with Crippen molar-refractivity contribution in [3.63, 3.8) is 0 Å². The number of amides is 1. The van der Waals surface area contributed by atoms with Crippen LogP contribution in [-0.4, -0.2) is 69.8 Å². The maximum atomic E-state index is 12.3. The average Bonchev–Trinajstić information content (AvgIpc) is 1.64. The van der Waals surface area contributed by atoms with Crippen LogP contribution in [0.1, 0.15) is 439 Å². The highest BCUT2D eigenvalue weighted by molar-refractivity contribution is 6.04. The van der Waals surface area contributed by atoms with E-state index in [9.17, 15) is 14.7 Å². The van der Waals surface area contributed by atoms with Crippen LogP contribution in [0.25, 0.3) is 5.57 Å². The van der Waals surface area contributed by atoms with E-state index in [1.165, 1.54) is 298 Å². The number of phenolic OH excluding ortho intramolecular Hbond substituents is 1. The first-order valence-electron chi connectivity index (χ1n) is 50.6. The van der Waals surface area contributed by atoms with Gasteiger partial charge in [0.25, 0.3) is 0 Å². The van der Waals surface area contributed by atoms with Crippen molar-refractivity contribution in [2.45, 2.75) is 412 Å². The Labute approximate surface area is 795 Å². The van der Waals surface area contributed by atoms with Gasteiger partial charge < -0.3 is 46.5 Å².